The maximum atomic E-state index is 11.1. The van der Waals surface area contributed by atoms with Gasteiger partial charge in [-0.15, -0.1) is 5.10 Å². The second-order valence-electron chi connectivity index (χ2n) is 3.83. The maximum absolute atomic E-state index is 11.1. The van der Waals surface area contributed by atoms with Crippen molar-refractivity contribution in [2.24, 2.45) is 0 Å². The number of hydrogen-bond acceptors (Lipinski definition) is 5. The molecule has 1 aromatic carbocycles. The average molecular weight is 259 g/mol. The highest BCUT2D eigenvalue weighted by Gasteiger charge is 2.16. The molecule has 0 unspecified atom stereocenters. The van der Waals surface area contributed by atoms with E-state index in [-0.39, 0.29) is 5.56 Å². The molecular formula is C13H13N3O3. The number of hydrogen-bond donors (Lipinski definition) is 1. The molecule has 0 spiro atoms. The molecule has 6 heteroatoms. The first-order chi connectivity index (χ1) is 9.13. The lowest BCUT2D eigenvalue weighted by atomic mass is 10.2. The summed E-state index contributed by atoms with van der Waals surface area (Å²) in [7, 11) is 3.32. The number of carboxylic acid groups (broad SMARTS) is 1. The minimum absolute atomic E-state index is 0.105. The normalized spacial score (nSPS) is 10.0. The van der Waals surface area contributed by atoms with Gasteiger partial charge in [-0.25, -0.2) is 4.79 Å². The third-order valence-electron chi connectivity index (χ3n) is 2.71. The van der Waals surface area contributed by atoms with E-state index < -0.39 is 5.97 Å². The Kier molecular flexibility index (Phi) is 3.61. The molecule has 0 aliphatic rings. The highest BCUT2D eigenvalue weighted by molar-refractivity contribution is 5.94. The molecule has 98 valence electrons. The molecule has 1 heterocycles. The van der Waals surface area contributed by atoms with Crippen LogP contribution in [0.4, 0.5) is 11.5 Å². The molecule has 0 saturated carbocycles. The van der Waals surface area contributed by atoms with Crippen molar-refractivity contribution < 1.29 is 14.6 Å². The molecule has 1 aromatic heterocycles. The van der Waals surface area contributed by atoms with E-state index in [1.54, 1.807) is 31.2 Å². The molecule has 0 aliphatic heterocycles. The first-order valence-electron chi connectivity index (χ1n) is 5.56. The van der Waals surface area contributed by atoms with Crippen LogP contribution in [0.2, 0.25) is 0 Å². The number of ether oxygens (including phenoxy) is 1. The Labute approximate surface area is 110 Å². The average Bonchev–Trinajstić information content (AvgIpc) is 2.46. The van der Waals surface area contributed by atoms with Gasteiger partial charge < -0.3 is 14.7 Å². The Hall–Kier alpha value is -2.63. The second-order valence-corrected chi connectivity index (χ2v) is 3.83. The van der Waals surface area contributed by atoms with Crippen LogP contribution in [0.25, 0.3) is 0 Å². The summed E-state index contributed by atoms with van der Waals surface area (Å²) in [5.74, 6) is -0.0137. The van der Waals surface area contributed by atoms with Crippen LogP contribution >= 0.6 is 0 Å². The lowest BCUT2D eigenvalue weighted by molar-refractivity contribution is 0.0697. The van der Waals surface area contributed by atoms with Crippen LogP contribution in [0, 0.1) is 0 Å². The number of carboxylic acids is 1. The molecule has 0 atom stereocenters. The Balaban J connectivity index is 2.37. The summed E-state index contributed by atoms with van der Waals surface area (Å²) in [5.41, 5.74) is 0.900. The fraction of sp³-hybridized carbons (Fsp3) is 0.154. The molecule has 2 rings (SSSR count). The lowest BCUT2D eigenvalue weighted by Crippen LogP contribution is -2.16. The summed E-state index contributed by atoms with van der Waals surface area (Å²) in [4.78, 5) is 12.8. The third-order valence-corrected chi connectivity index (χ3v) is 2.71. The molecule has 0 fully saturated rings. The monoisotopic (exact) mass is 259 g/mol. The quantitative estimate of drug-likeness (QED) is 0.904. The van der Waals surface area contributed by atoms with Gasteiger partial charge in [-0.3, -0.25) is 0 Å². The minimum Gasteiger partial charge on any atom is -0.497 e. The van der Waals surface area contributed by atoms with Crippen LogP contribution in [-0.2, 0) is 0 Å². The van der Waals surface area contributed by atoms with E-state index in [0.29, 0.717) is 5.82 Å². The molecular weight excluding hydrogens is 246 g/mol. The zero-order valence-electron chi connectivity index (χ0n) is 10.6. The number of benzene rings is 1. The van der Waals surface area contributed by atoms with Crippen LogP contribution in [0.1, 0.15) is 10.4 Å². The van der Waals surface area contributed by atoms with Gasteiger partial charge in [-0.2, -0.15) is 5.10 Å². The van der Waals surface area contributed by atoms with Gasteiger partial charge in [-0.05, 0) is 30.3 Å². The van der Waals surface area contributed by atoms with Gasteiger partial charge in [-0.1, -0.05) is 0 Å². The zero-order valence-corrected chi connectivity index (χ0v) is 10.6. The van der Waals surface area contributed by atoms with Crippen LogP contribution in [-0.4, -0.2) is 35.4 Å². The SMILES string of the molecule is COc1ccc(N(C)c2nnccc2C(=O)O)cc1. The highest BCUT2D eigenvalue weighted by atomic mass is 16.5. The first kappa shape index (κ1) is 12.8. The second kappa shape index (κ2) is 5.34. The number of anilines is 2. The van der Waals surface area contributed by atoms with E-state index in [1.165, 1.54) is 12.3 Å². The molecule has 0 bridgehead atoms. The lowest BCUT2D eigenvalue weighted by Gasteiger charge is -2.19. The van der Waals surface area contributed by atoms with Gasteiger partial charge in [0.25, 0.3) is 0 Å². The molecule has 0 aliphatic carbocycles. The predicted molar refractivity (Wildman–Crippen MR) is 70.0 cm³/mol. The van der Waals surface area contributed by atoms with Crippen molar-refractivity contribution in [2.45, 2.75) is 0 Å². The van der Waals surface area contributed by atoms with Gasteiger partial charge in [0, 0.05) is 12.7 Å². The standard InChI is InChI=1S/C13H13N3O3/c1-16(9-3-5-10(19-2)6-4-9)12-11(13(17)18)7-8-14-15-12/h3-8H,1-2H3,(H,17,18). The summed E-state index contributed by atoms with van der Waals surface area (Å²) in [6, 6.07) is 8.65. The number of carbonyl (C=O) groups is 1. The van der Waals surface area contributed by atoms with Gasteiger partial charge in [0.05, 0.1) is 13.3 Å². The smallest absolute Gasteiger partial charge is 0.339 e. The predicted octanol–water partition coefficient (Wildman–Crippen LogP) is 1.95. The Morgan fingerprint density at radius 2 is 1.95 bits per heavy atom. The fourth-order valence-electron chi connectivity index (χ4n) is 1.67. The molecule has 2 aromatic rings. The number of aromatic carboxylic acids is 1. The molecule has 6 nitrogen and oxygen atoms in total. The van der Waals surface area contributed by atoms with Gasteiger partial charge in [0.1, 0.15) is 11.3 Å². The number of nitrogens with zero attached hydrogens (tertiary/aromatic N) is 3. The minimum atomic E-state index is -1.04. The van der Waals surface area contributed by atoms with Crippen molar-refractivity contribution in [2.75, 3.05) is 19.1 Å². The highest BCUT2D eigenvalue weighted by Crippen LogP contribution is 2.25. The zero-order chi connectivity index (χ0) is 13.8. The van der Waals surface area contributed by atoms with Crippen LogP contribution < -0.4 is 9.64 Å². The molecule has 0 saturated heterocycles. The van der Waals surface area contributed by atoms with E-state index in [1.807, 2.05) is 12.1 Å². The van der Waals surface area contributed by atoms with Crippen LogP contribution in [0.3, 0.4) is 0 Å². The number of methoxy groups -OCH3 is 1. The molecule has 1 N–H and O–H groups in total. The topological polar surface area (TPSA) is 75.5 Å². The largest absolute Gasteiger partial charge is 0.497 e. The molecule has 0 radical (unpaired) electrons. The summed E-state index contributed by atoms with van der Waals surface area (Å²) < 4.78 is 5.08. The molecule has 19 heavy (non-hydrogen) atoms. The summed E-state index contributed by atoms with van der Waals surface area (Å²) >= 11 is 0. The number of aromatic nitrogens is 2. The Bertz CT molecular complexity index is 584. The van der Waals surface area contributed by atoms with E-state index >= 15 is 0 Å². The van der Waals surface area contributed by atoms with Crippen molar-refractivity contribution in [1.29, 1.82) is 0 Å². The van der Waals surface area contributed by atoms with Crippen LogP contribution in [0.15, 0.2) is 36.5 Å². The Morgan fingerprint density at radius 1 is 1.26 bits per heavy atom. The van der Waals surface area contributed by atoms with Gasteiger partial charge in [0.15, 0.2) is 5.82 Å². The fourth-order valence-corrected chi connectivity index (χ4v) is 1.67. The van der Waals surface area contributed by atoms with Gasteiger partial charge in [0.2, 0.25) is 0 Å². The summed E-state index contributed by atoms with van der Waals surface area (Å²) in [6.45, 7) is 0. The van der Waals surface area contributed by atoms with Gasteiger partial charge >= 0.3 is 5.97 Å². The first-order valence-corrected chi connectivity index (χ1v) is 5.56. The summed E-state index contributed by atoms with van der Waals surface area (Å²) in [5, 5.41) is 16.7. The van der Waals surface area contributed by atoms with Crippen LogP contribution in [0.5, 0.6) is 5.75 Å². The van der Waals surface area contributed by atoms with Crippen molar-refractivity contribution in [3.63, 3.8) is 0 Å². The van der Waals surface area contributed by atoms with E-state index in [2.05, 4.69) is 10.2 Å². The van der Waals surface area contributed by atoms with E-state index in [9.17, 15) is 4.79 Å². The summed E-state index contributed by atoms with van der Waals surface area (Å²) in [6.07, 6.45) is 1.36. The number of rotatable bonds is 4. The third kappa shape index (κ3) is 2.62. The van der Waals surface area contributed by atoms with Crippen molar-refractivity contribution in [3.8, 4) is 5.75 Å². The van der Waals surface area contributed by atoms with Crippen molar-refractivity contribution >= 4 is 17.5 Å². The van der Waals surface area contributed by atoms with E-state index in [4.69, 9.17) is 9.84 Å². The maximum Gasteiger partial charge on any atom is 0.339 e. The Morgan fingerprint density at radius 3 is 2.53 bits per heavy atom. The molecule has 0 amide bonds. The van der Waals surface area contributed by atoms with E-state index in [0.717, 1.165) is 11.4 Å². The van der Waals surface area contributed by atoms with Crippen molar-refractivity contribution in [1.82, 2.24) is 10.2 Å². The van der Waals surface area contributed by atoms with Crippen molar-refractivity contribution in [3.05, 3.63) is 42.1 Å².